The van der Waals surface area contributed by atoms with Crippen molar-refractivity contribution in [3.8, 4) is 0 Å². The number of rotatable bonds is 1. The smallest absolute Gasteiger partial charge is 1.00 e. The first-order chi connectivity index (χ1) is 3.80. The molecule has 1 aliphatic carbocycles. The summed E-state index contributed by atoms with van der Waals surface area (Å²) in [6.07, 6.45) is 7.96. The Morgan fingerprint density at radius 3 is 2.33 bits per heavy atom. The Morgan fingerprint density at radius 2 is 2.11 bits per heavy atom. The fourth-order valence-corrected chi connectivity index (χ4v) is 2.31. The summed E-state index contributed by atoms with van der Waals surface area (Å²) >= 11 is -0.657. The SMILES string of the molecule is [CH3][Ti+]([CH3])[C]1=CC=CC1.[Cl-]. The molecule has 2 heteroatoms. The van der Waals surface area contributed by atoms with Gasteiger partial charge in [0.1, 0.15) is 0 Å². The van der Waals surface area contributed by atoms with E-state index in [4.69, 9.17) is 0 Å². The molecule has 0 fully saturated rings. The quantitative estimate of drug-likeness (QED) is 0.477. The van der Waals surface area contributed by atoms with Gasteiger partial charge in [-0.2, -0.15) is 0 Å². The van der Waals surface area contributed by atoms with Crippen molar-refractivity contribution in [2.75, 3.05) is 0 Å². The predicted octanol–water partition coefficient (Wildman–Crippen LogP) is -0.451. The van der Waals surface area contributed by atoms with Crippen LogP contribution >= 0.6 is 0 Å². The summed E-state index contributed by atoms with van der Waals surface area (Å²) in [5.41, 5.74) is 0. The third-order valence-electron chi connectivity index (χ3n) is 1.41. The molecule has 0 aromatic heterocycles. The molecule has 0 nitrogen and oxygen atoms in total. The van der Waals surface area contributed by atoms with Crippen molar-refractivity contribution >= 4 is 0 Å². The topological polar surface area (TPSA) is 0 Å². The van der Waals surface area contributed by atoms with E-state index in [1.807, 2.05) is 0 Å². The zero-order valence-corrected chi connectivity index (χ0v) is 8.13. The molecule has 9 heavy (non-hydrogen) atoms. The molecule has 0 saturated carbocycles. The van der Waals surface area contributed by atoms with E-state index < -0.39 is 17.9 Å². The van der Waals surface area contributed by atoms with Gasteiger partial charge in [-0.15, -0.1) is 0 Å². The monoisotopic (exact) mass is 178 g/mol. The fourth-order valence-electron chi connectivity index (χ4n) is 0.818. The van der Waals surface area contributed by atoms with Crippen molar-refractivity contribution in [3.05, 3.63) is 22.1 Å². The number of halogens is 1. The van der Waals surface area contributed by atoms with E-state index in [0.29, 0.717) is 0 Å². The zero-order chi connectivity index (χ0) is 5.98. The Kier molecular flexibility index (Phi) is 4.56. The van der Waals surface area contributed by atoms with Crippen molar-refractivity contribution in [1.82, 2.24) is 0 Å². The van der Waals surface area contributed by atoms with Crippen LogP contribution in [0.5, 0.6) is 0 Å². The van der Waals surface area contributed by atoms with Gasteiger partial charge in [-0.25, -0.2) is 0 Å². The van der Waals surface area contributed by atoms with E-state index in [0.717, 1.165) is 0 Å². The molecule has 0 aromatic rings. The van der Waals surface area contributed by atoms with Gasteiger partial charge in [-0.3, -0.25) is 0 Å². The fraction of sp³-hybridized carbons (Fsp3) is 0.429. The summed E-state index contributed by atoms with van der Waals surface area (Å²) in [6, 6.07) is 0. The molecule has 0 aromatic carbocycles. The molecule has 0 aliphatic heterocycles. The van der Waals surface area contributed by atoms with Crippen LogP contribution in [0.15, 0.2) is 22.1 Å². The van der Waals surface area contributed by atoms with Crippen molar-refractivity contribution in [2.45, 2.75) is 16.9 Å². The molecule has 0 radical (unpaired) electrons. The average Bonchev–Trinajstić information content (AvgIpc) is 2.12. The molecule has 0 bridgehead atoms. The molecule has 0 atom stereocenters. The second-order valence-corrected chi connectivity index (χ2v) is 6.45. The third-order valence-corrected chi connectivity index (χ3v) is 4.00. The summed E-state index contributed by atoms with van der Waals surface area (Å²) in [6.45, 7) is 0. The predicted molar refractivity (Wildman–Crippen MR) is 33.6 cm³/mol. The molecule has 0 spiro atoms. The van der Waals surface area contributed by atoms with Gasteiger partial charge in [0.2, 0.25) is 0 Å². The second-order valence-electron chi connectivity index (χ2n) is 2.32. The van der Waals surface area contributed by atoms with E-state index in [1.165, 1.54) is 6.42 Å². The van der Waals surface area contributed by atoms with Crippen molar-refractivity contribution < 1.29 is 30.3 Å². The van der Waals surface area contributed by atoms with Gasteiger partial charge in [-0.05, 0) is 0 Å². The summed E-state index contributed by atoms with van der Waals surface area (Å²) in [4.78, 5) is 0. The second kappa shape index (κ2) is 4.32. The van der Waals surface area contributed by atoms with Crippen molar-refractivity contribution in [3.63, 3.8) is 0 Å². The third kappa shape index (κ3) is 2.70. The first-order valence-electron chi connectivity index (χ1n) is 2.97. The molecule has 1 aliphatic rings. The molecule has 0 unspecified atom stereocenters. The summed E-state index contributed by atoms with van der Waals surface area (Å²) < 4.78 is 1.73. The standard InChI is InChI=1S/C5H5.2CH3.ClH.Ti/c1-2-4-5-3-1;;;;/h1-3H,4H2;2*1H3;1H;/q;;;;+1/p-1. The van der Waals surface area contributed by atoms with Gasteiger partial charge in [0, 0.05) is 0 Å². The van der Waals surface area contributed by atoms with Crippen LogP contribution in [-0.4, -0.2) is 0 Å². The van der Waals surface area contributed by atoms with Crippen LogP contribution in [0.25, 0.3) is 0 Å². The molecule has 50 valence electrons. The molecule has 0 heterocycles. The van der Waals surface area contributed by atoms with Gasteiger partial charge in [0.05, 0.1) is 0 Å². The Balaban J connectivity index is 0.000000640. The van der Waals surface area contributed by atoms with E-state index in [2.05, 4.69) is 28.7 Å². The first-order valence-corrected chi connectivity index (χ1v) is 6.87. The maximum absolute atomic E-state index is 2.40. The van der Waals surface area contributed by atoms with Gasteiger partial charge in [0.15, 0.2) is 0 Å². The largest absolute Gasteiger partial charge is 1.00 e. The Bertz CT molecular complexity index is 136. The van der Waals surface area contributed by atoms with Gasteiger partial charge < -0.3 is 12.4 Å². The summed E-state index contributed by atoms with van der Waals surface area (Å²) in [7, 11) is 0. The average molecular weight is 178 g/mol. The Hall–Kier alpha value is 0.484. The maximum Gasteiger partial charge on any atom is -1.00 e. The Labute approximate surface area is 69.3 Å². The summed E-state index contributed by atoms with van der Waals surface area (Å²) in [5, 5.41) is 4.80. The minimum Gasteiger partial charge on any atom is -1.00 e. The molecule has 1 rings (SSSR count). The number of hydrogen-bond acceptors (Lipinski definition) is 0. The van der Waals surface area contributed by atoms with Crippen LogP contribution in [0.3, 0.4) is 0 Å². The van der Waals surface area contributed by atoms with Gasteiger partial charge >= 0.3 is 56.9 Å². The van der Waals surface area contributed by atoms with E-state index >= 15 is 0 Å². The molecular weight excluding hydrogens is 167 g/mol. The van der Waals surface area contributed by atoms with Crippen LogP contribution in [0.1, 0.15) is 6.42 Å². The minimum absolute atomic E-state index is 0. The van der Waals surface area contributed by atoms with Crippen LogP contribution in [-0.2, 0) is 17.9 Å². The van der Waals surface area contributed by atoms with Crippen LogP contribution in [0.4, 0.5) is 0 Å². The Morgan fingerprint density at radius 1 is 1.44 bits per heavy atom. The van der Waals surface area contributed by atoms with Crippen LogP contribution < -0.4 is 12.4 Å². The first kappa shape index (κ1) is 9.48. The van der Waals surface area contributed by atoms with E-state index in [9.17, 15) is 0 Å². The number of hydrogen-bond donors (Lipinski definition) is 0. The van der Waals surface area contributed by atoms with Crippen molar-refractivity contribution in [2.24, 2.45) is 0 Å². The molecule has 0 saturated heterocycles. The molecular formula is C7H11ClTi. The maximum atomic E-state index is 2.40. The normalized spacial score (nSPS) is 14.7. The van der Waals surface area contributed by atoms with Crippen LogP contribution in [0, 0.1) is 0 Å². The van der Waals surface area contributed by atoms with E-state index in [1.54, 1.807) is 3.88 Å². The van der Waals surface area contributed by atoms with Gasteiger partial charge in [-0.1, -0.05) is 0 Å². The number of allylic oxidation sites excluding steroid dienone is 4. The summed E-state index contributed by atoms with van der Waals surface area (Å²) in [5.74, 6) is 0. The van der Waals surface area contributed by atoms with Crippen LogP contribution in [0.2, 0.25) is 10.5 Å². The minimum atomic E-state index is -0.657. The van der Waals surface area contributed by atoms with Crippen molar-refractivity contribution in [1.29, 1.82) is 0 Å². The molecule has 0 amide bonds. The van der Waals surface area contributed by atoms with E-state index in [-0.39, 0.29) is 12.4 Å². The zero-order valence-electron chi connectivity index (χ0n) is 5.82. The van der Waals surface area contributed by atoms with Gasteiger partial charge in [0.25, 0.3) is 0 Å². The molecule has 0 N–H and O–H groups in total.